The molecule has 8 heteroatoms. The van der Waals surface area contributed by atoms with Crippen LogP contribution in [0.25, 0.3) is 0 Å². The molecule has 1 aliphatic carbocycles. The second kappa shape index (κ2) is 9.18. The Labute approximate surface area is 184 Å². The van der Waals surface area contributed by atoms with E-state index in [9.17, 15) is 13.2 Å². The van der Waals surface area contributed by atoms with Gasteiger partial charge in [-0.05, 0) is 50.9 Å². The first-order chi connectivity index (χ1) is 14.4. The summed E-state index contributed by atoms with van der Waals surface area (Å²) >= 11 is 1.60. The van der Waals surface area contributed by atoms with Gasteiger partial charge in [-0.25, -0.2) is 8.42 Å². The van der Waals surface area contributed by atoms with Gasteiger partial charge < -0.3 is 10.2 Å². The van der Waals surface area contributed by atoms with Crippen LogP contribution in [0.1, 0.15) is 51.9 Å². The van der Waals surface area contributed by atoms with Crippen LogP contribution in [0.2, 0.25) is 0 Å². The van der Waals surface area contributed by atoms with Crippen molar-refractivity contribution in [3.05, 3.63) is 18.2 Å². The molecule has 0 radical (unpaired) electrons. The first-order valence-corrected chi connectivity index (χ1v) is 13.6. The van der Waals surface area contributed by atoms with E-state index in [4.69, 9.17) is 0 Å². The monoisotopic (exact) mass is 451 g/mol. The molecule has 1 aromatic carbocycles. The fraction of sp³-hybridized carbons (Fsp3) is 0.682. The van der Waals surface area contributed by atoms with E-state index >= 15 is 0 Å². The molecule has 3 aliphatic rings. The molecule has 1 amide bonds. The third-order valence-electron chi connectivity index (χ3n) is 6.93. The third-order valence-corrected chi connectivity index (χ3v) is 10.2. The summed E-state index contributed by atoms with van der Waals surface area (Å²) in [6.07, 6.45) is 8.27. The summed E-state index contributed by atoms with van der Waals surface area (Å²) in [5, 5.41) is 2.90. The molecule has 1 saturated carbocycles. The van der Waals surface area contributed by atoms with Gasteiger partial charge in [0.05, 0.1) is 10.6 Å². The van der Waals surface area contributed by atoms with Crippen LogP contribution in [-0.2, 0) is 14.8 Å². The lowest BCUT2D eigenvalue weighted by Crippen LogP contribution is -2.48. The number of sulfonamides is 1. The first-order valence-electron chi connectivity index (χ1n) is 11.2. The number of piperidine rings is 1. The first kappa shape index (κ1) is 22.1. The Morgan fingerprint density at radius 3 is 2.43 bits per heavy atom. The van der Waals surface area contributed by atoms with Crippen molar-refractivity contribution in [2.45, 2.75) is 73.7 Å². The molecule has 1 N–H and O–H groups in total. The number of hydrogen-bond donors (Lipinski definition) is 1. The minimum atomic E-state index is -3.56. The summed E-state index contributed by atoms with van der Waals surface area (Å²) in [5.74, 6) is 0.553. The number of carbonyl (C=O) groups excluding carboxylic acids is 1. The number of hydrogen-bond acceptors (Lipinski definition) is 5. The molecule has 2 fully saturated rings. The molecule has 0 aromatic heterocycles. The van der Waals surface area contributed by atoms with E-state index in [0.29, 0.717) is 36.6 Å². The van der Waals surface area contributed by atoms with Crippen LogP contribution in [0.3, 0.4) is 0 Å². The third kappa shape index (κ3) is 4.56. The van der Waals surface area contributed by atoms with Gasteiger partial charge in [-0.15, -0.1) is 11.8 Å². The van der Waals surface area contributed by atoms with Gasteiger partial charge in [-0.1, -0.05) is 26.2 Å². The predicted octanol–water partition coefficient (Wildman–Crippen LogP) is 3.78. The van der Waals surface area contributed by atoms with Gasteiger partial charge >= 0.3 is 0 Å². The second-order valence-corrected chi connectivity index (χ2v) is 12.0. The number of anilines is 1. The lowest BCUT2D eigenvalue weighted by atomic mass is 9.92. The number of benzene rings is 1. The highest BCUT2D eigenvalue weighted by Gasteiger charge is 2.33. The Balaban J connectivity index is 1.43. The van der Waals surface area contributed by atoms with Crippen molar-refractivity contribution in [1.82, 2.24) is 9.21 Å². The number of thioether (sulfide) groups is 1. The van der Waals surface area contributed by atoms with Crippen molar-refractivity contribution in [3.8, 4) is 0 Å². The van der Waals surface area contributed by atoms with Crippen LogP contribution in [0, 0.1) is 5.92 Å². The fourth-order valence-electron chi connectivity index (χ4n) is 4.86. The van der Waals surface area contributed by atoms with Gasteiger partial charge in [0, 0.05) is 41.7 Å². The van der Waals surface area contributed by atoms with Crippen LogP contribution in [0.4, 0.5) is 5.69 Å². The van der Waals surface area contributed by atoms with Crippen LogP contribution >= 0.6 is 11.8 Å². The van der Waals surface area contributed by atoms with E-state index < -0.39 is 10.0 Å². The van der Waals surface area contributed by atoms with Crippen molar-refractivity contribution in [1.29, 1.82) is 0 Å². The minimum absolute atomic E-state index is 0.0534. The number of amides is 1. The molecule has 1 saturated heterocycles. The topological polar surface area (TPSA) is 69.7 Å². The molecular weight excluding hydrogens is 418 g/mol. The maximum Gasteiger partial charge on any atom is 0.243 e. The summed E-state index contributed by atoms with van der Waals surface area (Å²) in [6, 6.07) is 6.26. The van der Waals surface area contributed by atoms with Gasteiger partial charge in [-0.2, -0.15) is 4.31 Å². The largest absolute Gasteiger partial charge is 0.325 e. The van der Waals surface area contributed by atoms with E-state index in [1.807, 2.05) is 13.0 Å². The highest BCUT2D eigenvalue weighted by Crippen LogP contribution is 2.35. The number of rotatable bonds is 4. The summed E-state index contributed by atoms with van der Waals surface area (Å²) in [4.78, 5) is 15.9. The van der Waals surface area contributed by atoms with Gasteiger partial charge in [0.15, 0.2) is 0 Å². The van der Waals surface area contributed by atoms with E-state index in [2.05, 4.69) is 17.3 Å². The van der Waals surface area contributed by atoms with Gasteiger partial charge in [0.25, 0.3) is 0 Å². The van der Waals surface area contributed by atoms with Crippen LogP contribution in [-0.4, -0.2) is 61.5 Å². The molecule has 0 bridgehead atoms. The molecule has 6 nitrogen and oxygen atoms in total. The van der Waals surface area contributed by atoms with E-state index in [1.54, 1.807) is 28.2 Å². The fourth-order valence-corrected chi connectivity index (χ4v) is 7.37. The minimum Gasteiger partial charge on any atom is -0.325 e. The van der Waals surface area contributed by atoms with Crippen molar-refractivity contribution >= 4 is 33.4 Å². The van der Waals surface area contributed by atoms with Gasteiger partial charge in [0.1, 0.15) is 0 Å². The summed E-state index contributed by atoms with van der Waals surface area (Å²) in [5.41, 5.74) is 0.613. The maximum atomic E-state index is 13.3. The second-order valence-electron chi connectivity index (χ2n) is 8.95. The SMILES string of the molecule is C[C@@H]1CSc2ccc(S(=O)(=O)N3CCC(N(C)C4CCCCC4)CC3)cc2NC1=O. The Bertz CT molecular complexity index is 876. The summed E-state index contributed by atoms with van der Waals surface area (Å²) in [6.45, 7) is 3.00. The Morgan fingerprint density at radius 2 is 1.73 bits per heavy atom. The van der Waals surface area contributed by atoms with Crippen molar-refractivity contribution < 1.29 is 13.2 Å². The van der Waals surface area contributed by atoms with E-state index in [-0.39, 0.29) is 16.7 Å². The number of nitrogens with one attached hydrogen (secondary N) is 1. The molecule has 0 spiro atoms. The number of fused-ring (bicyclic) bond motifs is 1. The molecule has 1 atom stereocenters. The smallest absolute Gasteiger partial charge is 0.243 e. The van der Waals surface area contributed by atoms with Crippen LogP contribution in [0.5, 0.6) is 0 Å². The zero-order valence-electron chi connectivity index (χ0n) is 18.0. The molecule has 2 heterocycles. The Morgan fingerprint density at radius 1 is 1.07 bits per heavy atom. The average Bonchev–Trinajstić information content (AvgIpc) is 2.91. The number of nitrogens with zero attached hydrogens (tertiary/aromatic N) is 2. The van der Waals surface area contributed by atoms with E-state index in [1.165, 1.54) is 32.1 Å². The van der Waals surface area contributed by atoms with Crippen molar-refractivity contribution in [3.63, 3.8) is 0 Å². The lowest BCUT2D eigenvalue weighted by molar-refractivity contribution is -0.118. The highest BCUT2D eigenvalue weighted by molar-refractivity contribution is 7.99. The Hall–Kier alpha value is -1.09. The van der Waals surface area contributed by atoms with Crippen molar-refractivity contribution in [2.24, 2.45) is 5.92 Å². The summed E-state index contributed by atoms with van der Waals surface area (Å²) in [7, 11) is -1.34. The van der Waals surface area contributed by atoms with Crippen LogP contribution < -0.4 is 5.32 Å². The lowest BCUT2D eigenvalue weighted by Gasteiger charge is -2.41. The Kier molecular flexibility index (Phi) is 6.77. The van der Waals surface area contributed by atoms with Crippen LogP contribution in [0.15, 0.2) is 28.0 Å². The zero-order chi connectivity index (χ0) is 21.3. The normalized spacial score (nSPS) is 25.0. The van der Waals surface area contributed by atoms with E-state index in [0.717, 1.165) is 17.7 Å². The summed E-state index contributed by atoms with van der Waals surface area (Å²) < 4.78 is 28.2. The van der Waals surface area contributed by atoms with Crippen molar-refractivity contribution in [2.75, 3.05) is 31.2 Å². The molecule has 0 unspecified atom stereocenters. The molecular formula is C22H33N3O3S2. The molecule has 4 rings (SSSR count). The molecule has 30 heavy (non-hydrogen) atoms. The highest BCUT2D eigenvalue weighted by atomic mass is 32.2. The van der Waals surface area contributed by atoms with Gasteiger partial charge in [0.2, 0.25) is 15.9 Å². The zero-order valence-corrected chi connectivity index (χ0v) is 19.6. The number of carbonyl (C=O) groups is 1. The quantitative estimate of drug-likeness (QED) is 0.754. The van der Waals surface area contributed by atoms with Gasteiger partial charge in [-0.3, -0.25) is 4.79 Å². The molecule has 2 aliphatic heterocycles. The predicted molar refractivity (Wildman–Crippen MR) is 121 cm³/mol. The molecule has 166 valence electrons. The maximum absolute atomic E-state index is 13.3. The average molecular weight is 452 g/mol. The molecule has 1 aromatic rings. The standard InChI is InChI=1S/C22H33N3O3S2/c1-16-15-29-21-9-8-19(14-20(21)23-22(16)26)30(27,28)25-12-10-18(11-13-25)24(2)17-6-4-3-5-7-17/h8-9,14,16-18H,3-7,10-13,15H2,1-2H3,(H,23,26)/t16-/m1/s1.